The summed E-state index contributed by atoms with van der Waals surface area (Å²) >= 11 is 0. The van der Waals surface area contributed by atoms with Gasteiger partial charge >= 0.3 is 5.97 Å². The summed E-state index contributed by atoms with van der Waals surface area (Å²) in [5, 5.41) is 0. The Balaban J connectivity index is 2.33. The highest BCUT2D eigenvalue weighted by molar-refractivity contribution is 5.70. The van der Waals surface area contributed by atoms with Crippen LogP contribution < -0.4 is 4.74 Å². The molecule has 0 aliphatic heterocycles. The largest absolute Gasteiger partial charge is 0.493 e. The van der Waals surface area contributed by atoms with E-state index in [1.165, 1.54) is 0 Å². The minimum absolute atomic E-state index is 0.227. The van der Waals surface area contributed by atoms with Gasteiger partial charge in [-0.25, -0.2) is 0 Å². The van der Waals surface area contributed by atoms with E-state index in [-0.39, 0.29) is 12.4 Å². The maximum Gasteiger partial charge on any atom is 0.309 e. The van der Waals surface area contributed by atoms with Gasteiger partial charge in [0.1, 0.15) is 11.4 Å². The third-order valence-corrected chi connectivity index (χ3v) is 2.93. The number of hydrogen-bond donors (Lipinski definition) is 0. The van der Waals surface area contributed by atoms with Crippen LogP contribution in [0.1, 0.15) is 39.2 Å². The molecular weight excluding hydrogens is 240 g/mol. The molecule has 1 aromatic carbocycles. The molecular formula is C16H22O3. The molecule has 0 aliphatic rings. The first-order valence-corrected chi connectivity index (χ1v) is 6.54. The summed E-state index contributed by atoms with van der Waals surface area (Å²) in [7, 11) is 0. The van der Waals surface area contributed by atoms with Crippen molar-refractivity contribution in [3.8, 4) is 5.75 Å². The third-order valence-electron chi connectivity index (χ3n) is 2.93. The molecule has 19 heavy (non-hydrogen) atoms. The Bertz CT molecular complexity index is 418. The predicted octanol–water partition coefficient (Wildman–Crippen LogP) is 3.83. The van der Waals surface area contributed by atoms with Gasteiger partial charge in [0.15, 0.2) is 0 Å². The van der Waals surface area contributed by atoms with Gasteiger partial charge in [0.05, 0.1) is 13.0 Å². The lowest BCUT2D eigenvalue weighted by molar-refractivity contribution is -0.157. The Morgan fingerprint density at radius 3 is 2.47 bits per heavy atom. The van der Waals surface area contributed by atoms with Gasteiger partial charge in [0.2, 0.25) is 0 Å². The van der Waals surface area contributed by atoms with Crippen LogP contribution >= 0.6 is 0 Å². The van der Waals surface area contributed by atoms with Gasteiger partial charge in [0.25, 0.3) is 0 Å². The summed E-state index contributed by atoms with van der Waals surface area (Å²) in [5.74, 6) is 0.516. The summed E-state index contributed by atoms with van der Waals surface area (Å²) in [4.78, 5) is 11.6. The number of ether oxygens (including phenoxy) is 2. The number of carbonyl (C=O) groups excluding carboxylic acids is 1. The summed E-state index contributed by atoms with van der Waals surface area (Å²) in [5.41, 5.74) is 0.638. The molecule has 3 heteroatoms. The van der Waals surface area contributed by atoms with Crippen molar-refractivity contribution >= 4 is 12.0 Å². The number of esters is 1. The highest BCUT2D eigenvalue weighted by Gasteiger charge is 2.19. The summed E-state index contributed by atoms with van der Waals surface area (Å²) in [6.45, 7) is 9.81. The van der Waals surface area contributed by atoms with Crippen LogP contribution in [0.25, 0.3) is 6.08 Å². The second-order valence-corrected chi connectivity index (χ2v) is 4.96. The molecule has 0 spiro atoms. The van der Waals surface area contributed by atoms with Gasteiger partial charge in [-0.05, 0) is 38.0 Å². The lowest BCUT2D eigenvalue weighted by Gasteiger charge is -2.23. The minimum Gasteiger partial charge on any atom is -0.493 e. The number of carbonyl (C=O) groups is 1. The Kier molecular flexibility index (Phi) is 5.61. The fourth-order valence-corrected chi connectivity index (χ4v) is 1.38. The molecule has 104 valence electrons. The molecule has 1 rings (SSSR count). The molecule has 0 fully saturated rings. The van der Waals surface area contributed by atoms with Crippen LogP contribution in [0.3, 0.4) is 0 Å². The number of benzene rings is 1. The van der Waals surface area contributed by atoms with Gasteiger partial charge < -0.3 is 9.47 Å². The first-order valence-electron chi connectivity index (χ1n) is 6.54. The van der Waals surface area contributed by atoms with Crippen LogP contribution in [0.2, 0.25) is 0 Å². The van der Waals surface area contributed by atoms with E-state index in [1.54, 1.807) is 6.08 Å². The second-order valence-electron chi connectivity index (χ2n) is 4.96. The van der Waals surface area contributed by atoms with E-state index >= 15 is 0 Å². The van der Waals surface area contributed by atoms with E-state index in [4.69, 9.17) is 9.47 Å². The quantitative estimate of drug-likeness (QED) is 0.700. The normalized spacial score (nSPS) is 10.9. The average molecular weight is 262 g/mol. The number of hydrogen-bond acceptors (Lipinski definition) is 3. The summed E-state index contributed by atoms with van der Waals surface area (Å²) < 4.78 is 10.8. The highest BCUT2D eigenvalue weighted by atomic mass is 16.6. The van der Waals surface area contributed by atoms with Crippen LogP contribution in [-0.4, -0.2) is 18.2 Å². The first-order chi connectivity index (χ1) is 8.96. The van der Waals surface area contributed by atoms with Crippen LogP contribution in [-0.2, 0) is 9.53 Å². The molecule has 0 heterocycles. The number of rotatable bonds is 7. The van der Waals surface area contributed by atoms with Gasteiger partial charge in [-0.1, -0.05) is 31.7 Å². The smallest absolute Gasteiger partial charge is 0.309 e. The standard InChI is InChI=1S/C16H22O3/c1-5-13-7-9-14(10-8-13)18-12-11-15(17)19-16(3,4)6-2/h5,7-10H,1,6,11-12H2,2-4H3. The van der Waals surface area contributed by atoms with E-state index in [0.29, 0.717) is 6.61 Å². The highest BCUT2D eigenvalue weighted by Crippen LogP contribution is 2.15. The van der Waals surface area contributed by atoms with Crippen molar-refractivity contribution in [2.45, 2.75) is 39.2 Å². The molecule has 1 aromatic rings. The van der Waals surface area contributed by atoms with E-state index in [9.17, 15) is 4.79 Å². The fourth-order valence-electron chi connectivity index (χ4n) is 1.38. The SMILES string of the molecule is C=Cc1ccc(OCCC(=O)OC(C)(C)CC)cc1. The molecule has 0 radical (unpaired) electrons. The van der Waals surface area contributed by atoms with Crippen molar-refractivity contribution in [2.24, 2.45) is 0 Å². The zero-order valence-electron chi connectivity index (χ0n) is 11.9. The zero-order valence-corrected chi connectivity index (χ0v) is 11.9. The molecule has 0 aromatic heterocycles. The van der Waals surface area contributed by atoms with Gasteiger partial charge in [0, 0.05) is 0 Å². The Morgan fingerprint density at radius 2 is 1.95 bits per heavy atom. The van der Waals surface area contributed by atoms with Crippen LogP contribution in [0.5, 0.6) is 5.75 Å². The van der Waals surface area contributed by atoms with Gasteiger partial charge in [-0.3, -0.25) is 4.79 Å². The zero-order chi connectivity index (χ0) is 14.3. The minimum atomic E-state index is -0.400. The van der Waals surface area contributed by atoms with Crippen molar-refractivity contribution in [3.05, 3.63) is 36.4 Å². The molecule has 0 unspecified atom stereocenters. The van der Waals surface area contributed by atoms with E-state index in [1.807, 2.05) is 45.0 Å². The van der Waals surface area contributed by atoms with E-state index < -0.39 is 5.60 Å². The molecule has 0 saturated carbocycles. The Morgan fingerprint density at radius 1 is 1.32 bits per heavy atom. The van der Waals surface area contributed by atoms with Gasteiger partial charge in [-0.15, -0.1) is 0 Å². The van der Waals surface area contributed by atoms with E-state index in [0.717, 1.165) is 17.7 Å². The lowest BCUT2D eigenvalue weighted by atomic mass is 10.1. The molecule has 3 nitrogen and oxygen atoms in total. The predicted molar refractivity (Wildman–Crippen MR) is 77.1 cm³/mol. The fraction of sp³-hybridized carbons (Fsp3) is 0.438. The van der Waals surface area contributed by atoms with Crippen LogP contribution in [0.4, 0.5) is 0 Å². The monoisotopic (exact) mass is 262 g/mol. The maximum atomic E-state index is 11.6. The lowest BCUT2D eigenvalue weighted by Crippen LogP contribution is -2.27. The molecule has 0 N–H and O–H groups in total. The van der Waals surface area contributed by atoms with Crippen molar-refractivity contribution in [1.82, 2.24) is 0 Å². The molecule has 0 amide bonds. The van der Waals surface area contributed by atoms with Crippen LogP contribution in [0, 0.1) is 0 Å². The third kappa shape index (κ3) is 5.60. The second kappa shape index (κ2) is 6.98. The van der Waals surface area contributed by atoms with E-state index in [2.05, 4.69) is 6.58 Å². The summed E-state index contributed by atoms with van der Waals surface area (Å²) in [6, 6.07) is 7.55. The molecule has 0 saturated heterocycles. The van der Waals surface area contributed by atoms with Gasteiger partial charge in [-0.2, -0.15) is 0 Å². The maximum absolute atomic E-state index is 11.6. The topological polar surface area (TPSA) is 35.5 Å². The van der Waals surface area contributed by atoms with Crippen molar-refractivity contribution < 1.29 is 14.3 Å². The molecule has 0 aliphatic carbocycles. The first kappa shape index (κ1) is 15.3. The Hall–Kier alpha value is -1.77. The van der Waals surface area contributed by atoms with Crippen molar-refractivity contribution in [1.29, 1.82) is 0 Å². The van der Waals surface area contributed by atoms with Crippen molar-refractivity contribution in [2.75, 3.05) is 6.61 Å². The Labute approximate surface area is 115 Å². The van der Waals surface area contributed by atoms with Crippen LogP contribution in [0.15, 0.2) is 30.8 Å². The average Bonchev–Trinajstić information content (AvgIpc) is 2.39. The summed E-state index contributed by atoms with van der Waals surface area (Å²) in [6.07, 6.45) is 2.82. The van der Waals surface area contributed by atoms with Crippen molar-refractivity contribution in [3.63, 3.8) is 0 Å². The molecule has 0 atom stereocenters. The molecule has 0 bridgehead atoms.